The van der Waals surface area contributed by atoms with Gasteiger partial charge in [-0.2, -0.15) is 0 Å². The van der Waals surface area contributed by atoms with Gasteiger partial charge in [-0.15, -0.1) is 0 Å². The molecule has 11 heteroatoms. The number of halogens is 2. The van der Waals surface area contributed by atoms with Crippen molar-refractivity contribution in [3.63, 3.8) is 0 Å². The summed E-state index contributed by atoms with van der Waals surface area (Å²) in [6.45, 7) is 6.00. The lowest BCUT2D eigenvalue weighted by atomic mass is 10.1. The zero-order valence-electron chi connectivity index (χ0n) is 20.3. The first-order chi connectivity index (χ1) is 16.9. The lowest BCUT2D eigenvalue weighted by Gasteiger charge is -2.29. The van der Waals surface area contributed by atoms with Gasteiger partial charge in [0.25, 0.3) is 15.9 Å². The molecule has 3 rings (SSSR count). The van der Waals surface area contributed by atoms with E-state index >= 15 is 0 Å². The van der Waals surface area contributed by atoms with Crippen molar-refractivity contribution < 1.29 is 22.8 Å². The summed E-state index contributed by atoms with van der Waals surface area (Å²) in [5.41, 5.74) is 0.814. The summed E-state index contributed by atoms with van der Waals surface area (Å²) in [7, 11) is -3.95. The number of amides is 3. The summed E-state index contributed by atoms with van der Waals surface area (Å²) >= 11 is 12.1. The molecule has 1 aliphatic rings. The fourth-order valence-corrected chi connectivity index (χ4v) is 5.77. The third-order valence-electron chi connectivity index (χ3n) is 5.85. The summed E-state index contributed by atoms with van der Waals surface area (Å²) in [6.07, 6.45) is 0.0504. The Morgan fingerprint density at radius 2 is 1.75 bits per heavy atom. The smallest absolute Gasteiger partial charge is 0.269 e. The first-order valence-electron chi connectivity index (χ1n) is 11.6. The summed E-state index contributed by atoms with van der Waals surface area (Å²) in [5.74, 6) is -1.02. The Balaban J connectivity index is 1.72. The monoisotopic (exact) mass is 553 g/mol. The molecule has 0 aliphatic carbocycles. The summed E-state index contributed by atoms with van der Waals surface area (Å²) in [4.78, 5) is 40.0. The van der Waals surface area contributed by atoms with E-state index in [1.807, 2.05) is 13.8 Å². The van der Waals surface area contributed by atoms with Crippen molar-refractivity contribution >= 4 is 50.9 Å². The first-order valence-corrected chi connectivity index (χ1v) is 13.8. The number of sulfonamides is 1. The Bertz CT molecular complexity index is 1270. The van der Waals surface area contributed by atoms with Crippen molar-refractivity contribution in [2.75, 3.05) is 13.1 Å². The molecule has 1 atom stereocenters. The molecular formula is C25H29Cl2N3O5S. The van der Waals surface area contributed by atoms with Gasteiger partial charge in [0.1, 0.15) is 10.9 Å². The molecule has 2 aromatic carbocycles. The molecule has 8 nitrogen and oxygen atoms in total. The third kappa shape index (κ3) is 6.19. The normalized spacial score (nSPS) is 15.1. The molecule has 194 valence electrons. The van der Waals surface area contributed by atoms with Gasteiger partial charge in [0.2, 0.25) is 11.8 Å². The number of carbonyl (C=O) groups excluding carboxylic acids is 3. The maximum Gasteiger partial charge on any atom is 0.269 e. The second kappa shape index (κ2) is 11.6. The molecule has 3 amide bonds. The van der Waals surface area contributed by atoms with Crippen LogP contribution in [0.2, 0.25) is 10.0 Å². The van der Waals surface area contributed by atoms with E-state index in [1.54, 1.807) is 37.3 Å². The third-order valence-corrected chi connectivity index (χ3v) is 8.43. The fraction of sp³-hybridized carbons (Fsp3) is 0.400. The van der Waals surface area contributed by atoms with Crippen LogP contribution in [0.5, 0.6) is 0 Å². The Labute approximate surface area is 221 Å². The van der Waals surface area contributed by atoms with Crippen molar-refractivity contribution in [2.45, 2.75) is 51.1 Å². The lowest BCUT2D eigenvalue weighted by Crippen LogP contribution is -2.48. The van der Waals surface area contributed by atoms with E-state index in [9.17, 15) is 22.8 Å². The molecule has 0 unspecified atom stereocenters. The van der Waals surface area contributed by atoms with Crippen LogP contribution in [-0.4, -0.2) is 54.5 Å². The lowest BCUT2D eigenvalue weighted by molar-refractivity contribution is -0.140. The van der Waals surface area contributed by atoms with E-state index in [2.05, 4.69) is 5.32 Å². The number of carbonyl (C=O) groups is 3. The van der Waals surface area contributed by atoms with Gasteiger partial charge in [-0.25, -0.2) is 12.7 Å². The van der Waals surface area contributed by atoms with E-state index in [0.29, 0.717) is 22.2 Å². The molecule has 0 saturated heterocycles. The van der Waals surface area contributed by atoms with Crippen molar-refractivity contribution in [3.8, 4) is 0 Å². The van der Waals surface area contributed by atoms with E-state index < -0.39 is 22.0 Å². The van der Waals surface area contributed by atoms with Gasteiger partial charge in [-0.1, -0.05) is 55.2 Å². The van der Waals surface area contributed by atoms with Gasteiger partial charge < -0.3 is 10.2 Å². The quantitative estimate of drug-likeness (QED) is 0.476. The zero-order valence-corrected chi connectivity index (χ0v) is 22.7. The van der Waals surface area contributed by atoms with Crippen LogP contribution in [0.15, 0.2) is 47.4 Å². The summed E-state index contributed by atoms with van der Waals surface area (Å²) in [6, 6.07) is 10.2. The van der Waals surface area contributed by atoms with Crippen molar-refractivity contribution in [1.29, 1.82) is 0 Å². The Morgan fingerprint density at radius 1 is 1.06 bits per heavy atom. The van der Waals surface area contributed by atoms with E-state index in [4.69, 9.17) is 23.2 Å². The summed E-state index contributed by atoms with van der Waals surface area (Å²) < 4.78 is 26.3. The molecule has 0 radical (unpaired) electrons. The SMILES string of the molecule is CC(C)CNC(=O)[C@H](C)N(Cc1ccc(Cl)c(Cl)c1)C(=O)CCCN1C(=O)c2ccccc2S1(=O)=O. The molecule has 1 N–H and O–H groups in total. The van der Waals surface area contributed by atoms with E-state index in [1.165, 1.54) is 17.0 Å². The number of nitrogens with one attached hydrogen (secondary N) is 1. The minimum absolute atomic E-state index is 0.0296. The van der Waals surface area contributed by atoms with Crippen LogP contribution in [0.25, 0.3) is 0 Å². The molecule has 2 aromatic rings. The van der Waals surface area contributed by atoms with Crippen molar-refractivity contribution in [1.82, 2.24) is 14.5 Å². The van der Waals surface area contributed by atoms with Gasteiger partial charge in [0.05, 0.1) is 15.6 Å². The van der Waals surface area contributed by atoms with E-state index in [-0.39, 0.29) is 54.1 Å². The molecular weight excluding hydrogens is 525 g/mol. The average Bonchev–Trinajstić information content (AvgIpc) is 3.03. The highest BCUT2D eigenvalue weighted by molar-refractivity contribution is 7.90. The minimum Gasteiger partial charge on any atom is -0.354 e. The molecule has 0 spiro atoms. The maximum absolute atomic E-state index is 13.3. The molecule has 0 fully saturated rings. The number of rotatable bonds is 10. The molecule has 0 aromatic heterocycles. The second-order valence-electron chi connectivity index (χ2n) is 9.07. The second-order valence-corrected chi connectivity index (χ2v) is 11.7. The van der Waals surface area contributed by atoms with Crippen LogP contribution >= 0.6 is 23.2 Å². The summed E-state index contributed by atoms with van der Waals surface area (Å²) in [5, 5.41) is 3.54. The topological polar surface area (TPSA) is 104 Å². The van der Waals surface area contributed by atoms with Crippen LogP contribution in [-0.2, 0) is 26.2 Å². The highest BCUT2D eigenvalue weighted by Crippen LogP contribution is 2.30. The maximum atomic E-state index is 13.3. The number of benzene rings is 2. The molecule has 0 saturated carbocycles. The van der Waals surface area contributed by atoms with Crippen molar-refractivity contribution in [3.05, 3.63) is 63.6 Å². The predicted octanol–water partition coefficient (Wildman–Crippen LogP) is 4.11. The number of hydrogen-bond acceptors (Lipinski definition) is 5. The number of hydrogen-bond donors (Lipinski definition) is 1. The molecule has 36 heavy (non-hydrogen) atoms. The minimum atomic E-state index is -3.95. The Morgan fingerprint density at radius 3 is 2.39 bits per heavy atom. The van der Waals surface area contributed by atoms with Gasteiger partial charge in [-0.3, -0.25) is 14.4 Å². The van der Waals surface area contributed by atoms with Crippen LogP contribution in [0.4, 0.5) is 0 Å². The van der Waals surface area contributed by atoms with Gasteiger partial charge >= 0.3 is 0 Å². The molecule has 1 aliphatic heterocycles. The fourth-order valence-electron chi connectivity index (χ4n) is 3.84. The Kier molecular flexibility index (Phi) is 9.03. The van der Waals surface area contributed by atoms with Crippen LogP contribution < -0.4 is 5.32 Å². The van der Waals surface area contributed by atoms with E-state index in [0.717, 1.165) is 4.31 Å². The van der Waals surface area contributed by atoms with Gasteiger partial charge in [0, 0.05) is 26.1 Å². The van der Waals surface area contributed by atoms with Crippen molar-refractivity contribution in [2.24, 2.45) is 5.92 Å². The highest BCUT2D eigenvalue weighted by Gasteiger charge is 2.40. The number of nitrogens with zero attached hydrogens (tertiary/aromatic N) is 2. The predicted molar refractivity (Wildman–Crippen MR) is 138 cm³/mol. The number of fused-ring (bicyclic) bond motifs is 1. The average molecular weight is 554 g/mol. The van der Waals surface area contributed by atoms with Crippen LogP contribution in [0.3, 0.4) is 0 Å². The highest BCUT2D eigenvalue weighted by atomic mass is 35.5. The van der Waals surface area contributed by atoms with Crippen LogP contribution in [0.1, 0.15) is 49.5 Å². The Hall–Kier alpha value is -2.62. The zero-order chi connectivity index (χ0) is 26.6. The standard InChI is InChI=1S/C25H29Cl2N3O5S/c1-16(2)14-28-24(32)17(3)29(15-18-10-11-20(26)21(27)13-18)23(31)9-6-12-30-25(33)19-7-4-5-8-22(19)36(30,34)35/h4-5,7-8,10-11,13,16-17H,6,9,12,14-15H2,1-3H3,(H,28,32)/t17-/m0/s1. The van der Waals surface area contributed by atoms with Gasteiger partial charge in [0.15, 0.2) is 0 Å². The van der Waals surface area contributed by atoms with Crippen LogP contribution in [0, 0.1) is 5.92 Å². The van der Waals surface area contributed by atoms with Gasteiger partial charge in [-0.05, 0) is 49.1 Å². The largest absolute Gasteiger partial charge is 0.354 e. The molecule has 0 bridgehead atoms. The molecule has 1 heterocycles. The first kappa shape index (κ1) is 28.0.